The number of rotatable bonds is 5. The van der Waals surface area contributed by atoms with Crippen LogP contribution in [0.4, 0.5) is 10.1 Å². The average molecular weight is 448 g/mol. The number of hydrogen-bond acceptors (Lipinski definition) is 4. The first kappa shape index (κ1) is 19.8. The van der Waals surface area contributed by atoms with E-state index in [4.69, 9.17) is 16.6 Å². The molecule has 154 valence electrons. The molecule has 0 aliphatic carbocycles. The van der Waals surface area contributed by atoms with Crippen LogP contribution in [-0.2, 0) is 0 Å². The highest BCUT2D eigenvalue weighted by Crippen LogP contribution is 2.43. The third-order valence-corrected chi connectivity index (χ3v) is 6.31. The summed E-state index contributed by atoms with van der Waals surface area (Å²) < 4.78 is 21.0. The Morgan fingerprint density at radius 1 is 0.935 bits per heavy atom. The Morgan fingerprint density at radius 2 is 1.71 bits per heavy atom. The van der Waals surface area contributed by atoms with E-state index < -0.39 is 0 Å². The summed E-state index contributed by atoms with van der Waals surface area (Å²) in [5, 5.41) is 4.50. The molecule has 0 unspecified atom stereocenters. The number of nitrogens with zero attached hydrogens (tertiary/aromatic N) is 2. The van der Waals surface area contributed by atoms with Gasteiger partial charge in [-0.25, -0.2) is 4.39 Å². The fourth-order valence-electron chi connectivity index (χ4n) is 3.70. The van der Waals surface area contributed by atoms with Crippen LogP contribution in [0.3, 0.4) is 0 Å². The first-order valence-electron chi connectivity index (χ1n) is 9.78. The number of hydrogen-bond donors (Lipinski definition) is 1. The van der Waals surface area contributed by atoms with Crippen molar-refractivity contribution in [3.8, 4) is 0 Å². The first-order chi connectivity index (χ1) is 15.2. The molecule has 2 aromatic heterocycles. The third-order valence-electron chi connectivity index (χ3n) is 5.07. The molecule has 0 radical (unpaired) electrons. The fraction of sp³-hybridized carbons (Fsp3) is 0.0833. The van der Waals surface area contributed by atoms with E-state index in [1.54, 1.807) is 29.3 Å². The van der Waals surface area contributed by atoms with Gasteiger partial charge in [0, 0.05) is 11.1 Å². The molecule has 7 heteroatoms. The molecule has 1 aliphatic rings. The van der Waals surface area contributed by atoms with Crippen molar-refractivity contribution in [3.05, 3.63) is 108 Å². The minimum atomic E-state index is -0.385. The Labute approximate surface area is 189 Å². The lowest BCUT2D eigenvalue weighted by Crippen LogP contribution is -2.30. The van der Waals surface area contributed by atoms with Gasteiger partial charge in [-0.3, -0.25) is 4.98 Å². The Kier molecular flexibility index (Phi) is 5.44. The molecule has 31 heavy (non-hydrogen) atoms. The number of halogens is 1. The molecular weight excluding hydrogens is 429 g/mol. The van der Waals surface area contributed by atoms with Crippen LogP contribution in [0.25, 0.3) is 0 Å². The first-order valence-corrected chi connectivity index (χ1v) is 11.0. The summed E-state index contributed by atoms with van der Waals surface area (Å²) in [6.45, 7) is 0. The van der Waals surface area contributed by atoms with E-state index in [1.807, 2.05) is 60.7 Å². The number of thiocarbonyl (C=S) groups is 1. The van der Waals surface area contributed by atoms with Gasteiger partial charge in [-0.2, -0.15) is 0 Å². The van der Waals surface area contributed by atoms with Crippen molar-refractivity contribution >= 4 is 34.8 Å². The molecule has 1 N–H and O–H groups in total. The van der Waals surface area contributed by atoms with E-state index in [2.05, 4.69) is 10.3 Å². The fourth-order valence-corrected chi connectivity index (χ4v) is 4.84. The quantitative estimate of drug-likeness (QED) is 0.371. The molecule has 0 bridgehead atoms. The summed E-state index contributed by atoms with van der Waals surface area (Å²) in [6.07, 6.45) is 1.74. The van der Waals surface area contributed by atoms with Gasteiger partial charge >= 0.3 is 0 Å². The summed E-state index contributed by atoms with van der Waals surface area (Å²) in [4.78, 5) is 7.36. The lowest BCUT2D eigenvalue weighted by Gasteiger charge is -2.26. The molecule has 4 aromatic rings. The second-order valence-electron chi connectivity index (χ2n) is 7.02. The van der Waals surface area contributed by atoms with Crippen LogP contribution in [0.2, 0.25) is 0 Å². The maximum absolute atomic E-state index is 14.7. The molecule has 0 spiro atoms. The summed E-state index contributed by atoms with van der Waals surface area (Å²) in [7, 11) is 0. The SMILES string of the molecule is Fc1ccccc1N1C(=S)N[C@H](c2ccccn2)[C@@H]1c1ccc(Sc2ccccc2)o1. The molecule has 0 amide bonds. The Balaban J connectivity index is 1.55. The van der Waals surface area contributed by atoms with Gasteiger partial charge in [0.25, 0.3) is 0 Å². The highest BCUT2D eigenvalue weighted by Gasteiger charge is 2.43. The number of furan rings is 1. The van der Waals surface area contributed by atoms with Crippen molar-refractivity contribution in [2.45, 2.75) is 22.1 Å². The van der Waals surface area contributed by atoms with E-state index in [0.29, 0.717) is 16.6 Å². The van der Waals surface area contributed by atoms with Crippen LogP contribution in [-0.4, -0.2) is 10.1 Å². The molecular formula is C24H18FN3OS2. The predicted octanol–water partition coefficient (Wildman–Crippen LogP) is 6.14. The molecule has 1 aliphatic heterocycles. The van der Waals surface area contributed by atoms with Crippen molar-refractivity contribution in [1.82, 2.24) is 10.3 Å². The van der Waals surface area contributed by atoms with E-state index in [1.165, 1.54) is 17.8 Å². The standard InChI is InChI=1S/C24H18FN3OS2/c25-17-10-4-5-12-19(17)28-23(22(27-24(28)30)18-11-6-7-15-26-18)20-13-14-21(29-20)31-16-8-2-1-3-9-16/h1-15,22-23H,(H,27,30)/t22-,23+/m1/s1. The topological polar surface area (TPSA) is 41.3 Å². The zero-order chi connectivity index (χ0) is 21.2. The molecule has 3 heterocycles. The van der Waals surface area contributed by atoms with Crippen molar-refractivity contribution in [3.63, 3.8) is 0 Å². The number of benzene rings is 2. The predicted molar refractivity (Wildman–Crippen MR) is 124 cm³/mol. The Bertz CT molecular complexity index is 1200. The van der Waals surface area contributed by atoms with Crippen molar-refractivity contribution in [2.24, 2.45) is 0 Å². The lowest BCUT2D eigenvalue weighted by atomic mass is 10.0. The van der Waals surface area contributed by atoms with E-state index in [0.717, 1.165) is 15.7 Å². The minimum Gasteiger partial charge on any atom is -0.452 e. The molecule has 1 fully saturated rings. The maximum Gasteiger partial charge on any atom is 0.174 e. The van der Waals surface area contributed by atoms with Crippen LogP contribution in [0, 0.1) is 5.82 Å². The molecule has 2 aromatic carbocycles. The molecule has 5 rings (SSSR count). The Hall–Kier alpha value is -3.16. The highest BCUT2D eigenvalue weighted by molar-refractivity contribution is 7.99. The molecule has 0 saturated carbocycles. The van der Waals surface area contributed by atoms with Crippen LogP contribution < -0.4 is 10.2 Å². The smallest absolute Gasteiger partial charge is 0.174 e. The second-order valence-corrected chi connectivity index (χ2v) is 8.48. The number of anilines is 1. The summed E-state index contributed by atoms with van der Waals surface area (Å²) >= 11 is 7.16. The monoisotopic (exact) mass is 447 g/mol. The average Bonchev–Trinajstić information content (AvgIpc) is 3.39. The van der Waals surface area contributed by atoms with Gasteiger partial charge in [0.2, 0.25) is 0 Å². The zero-order valence-electron chi connectivity index (χ0n) is 16.3. The molecule has 1 saturated heterocycles. The third kappa shape index (κ3) is 3.94. The summed E-state index contributed by atoms with van der Waals surface area (Å²) in [5.74, 6) is 0.341. The van der Waals surface area contributed by atoms with Gasteiger partial charge in [0.1, 0.15) is 17.6 Å². The van der Waals surface area contributed by atoms with Crippen LogP contribution in [0.5, 0.6) is 0 Å². The lowest BCUT2D eigenvalue weighted by molar-refractivity contribution is 0.382. The van der Waals surface area contributed by atoms with E-state index in [9.17, 15) is 4.39 Å². The summed E-state index contributed by atoms with van der Waals surface area (Å²) in [6, 6.07) is 25.5. The normalized spacial score (nSPS) is 18.2. The van der Waals surface area contributed by atoms with Crippen molar-refractivity contribution in [2.75, 3.05) is 4.90 Å². The molecule has 2 atom stereocenters. The van der Waals surface area contributed by atoms with Crippen molar-refractivity contribution < 1.29 is 8.81 Å². The van der Waals surface area contributed by atoms with Gasteiger partial charge in [0.05, 0.1) is 17.4 Å². The van der Waals surface area contributed by atoms with Gasteiger partial charge < -0.3 is 14.6 Å². The maximum atomic E-state index is 14.7. The van der Waals surface area contributed by atoms with Gasteiger partial charge in [0.15, 0.2) is 10.2 Å². The zero-order valence-corrected chi connectivity index (χ0v) is 17.9. The minimum absolute atomic E-state index is 0.283. The van der Waals surface area contributed by atoms with E-state index >= 15 is 0 Å². The van der Waals surface area contributed by atoms with Crippen molar-refractivity contribution in [1.29, 1.82) is 0 Å². The summed E-state index contributed by atoms with van der Waals surface area (Å²) in [5.41, 5.74) is 1.21. The number of aromatic nitrogens is 1. The van der Waals surface area contributed by atoms with Crippen LogP contribution >= 0.6 is 24.0 Å². The van der Waals surface area contributed by atoms with E-state index in [-0.39, 0.29) is 17.9 Å². The van der Waals surface area contributed by atoms with Gasteiger partial charge in [-0.1, -0.05) is 48.2 Å². The second kappa shape index (κ2) is 8.53. The van der Waals surface area contributed by atoms with Gasteiger partial charge in [-0.15, -0.1) is 0 Å². The van der Waals surface area contributed by atoms with Crippen LogP contribution in [0.1, 0.15) is 23.5 Å². The Morgan fingerprint density at radius 3 is 2.48 bits per heavy atom. The van der Waals surface area contributed by atoms with Crippen LogP contribution in [0.15, 0.2) is 106 Å². The number of para-hydroxylation sites is 1. The van der Waals surface area contributed by atoms with Gasteiger partial charge in [-0.05, 0) is 60.7 Å². The number of pyridine rings is 1. The largest absolute Gasteiger partial charge is 0.452 e. The highest BCUT2D eigenvalue weighted by atomic mass is 32.2. The number of nitrogens with one attached hydrogen (secondary N) is 1. The molecule has 4 nitrogen and oxygen atoms in total.